The van der Waals surface area contributed by atoms with E-state index in [-0.39, 0.29) is 0 Å². The second-order valence-corrected chi connectivity index (χ2v) is 29.1. The Kier molecular flexibility index (Phi) is 19.2. The van der Waals surface area contributed by atoms with Crippen molar-refractivity contribution in [1.82, 2.24) is 19.9 Å². The molecule has 0 aliphatic heterocycles. The maximum Gasteiger partial charge on any atom is 0.0972 e. The van der Waals surface area contributed by atoms with Gasteiger partial charge in [-0.1, -0.05) is 194 Å². The Balaban J connectivity index is 0.636. The zero-order valence-corrected chi connectivity index (χ0v) is 64.4. The maximum atomic E-state index is 5.28. The van der Waals surface area contributed by atoms with Crippen molar-refractivity contribution in [3.05, 3.63) is 461 Å². The normalized spacial score (nSPS) is 11.2. The van der Waals surface area contributed by atoms with Gasteiger partial charge < -0.3 is 29.4 Å². The lowest BCUT2D eigenvalue weighted by Crippen LogP contribution is -2.13. The molecular formula is C108H76N10. The first-order valence-corrected chi connectivity index (χ1v) is 39.7. The van der Waals surface area contributed by atoms with E-state index in [0.29, 0.717) is 0 Å². The van der Waals surface area contributed by atoms with Gasteiger partial charge in [0.05, 0.1) is 27.8 Å². The average Bonchev–Trinajstić information content (AvgIpc) is 0.745. The number of benzene rings is 16. The molecule has 558 valence electrons. The van der Waals surface area contributed by atoms with Gasteiger partial charge in [-0.05, 0) is 265 Å². The Morgan fingerprint density at radius 3 is 0.839 bits per heavy atom. The molecule has 0 saturated carbocycles. The molecular weight excluding hydrogens is 1440 g/mol. The third kappa shape index (κ3) is 14.2. The highest BCUT2D eigenvalue weighted by Crippen LogP contribution is 2.47. The summed E-state index contributed by atoms with van der Waals surface area (Å²) >= 11 is 0. The molecule has 4 aromatic heterocycles. The molecule has 0 aliphatic carbocycles. The summed E-state index contributed by atoms with van der Waals surface area (Å²) in [6.45, 7) is 0. The molecule has 0 radical (unpaired) electrons. The first-order chi connectivity index (χ1) is 58.5. The van der Waals surface area contributed by atoms with Crippen LogP contribution in [0.25, 0.3) is 77.1 Å². The van der Waals surface area contributed by atoms with Crippen LogP contribution in [0.5, 0.6) is 0 Å². The minimum atomic E-state index is 0.840. The Hall–Kier alpha value is -16.0. The highest BCUT2D eigenvalue weighted by molar-refractivity contribution is 6.11. The molecule has 0 spiro atoms. The molecule has 0 fully saturated rings. The van der Waals surface area contributed by atoms with Gasteiger partial charge in [0.1, 0.15) is 0 Å². The van der Waals surface area contributed by atoms with Crippen LogP contribution in [0, 0.1) is 0 Å². The fourth-order valence-electron chi connectivity index (χ4n) is 16.2. The molecule has 0 aliphatic rings. The molecule has 16 aromatic carbocycles. The number of pyridine rings is 4. The van der Waals surface area contributed by atoms with Crippen molar-refractivity contribution in [2.45, 2.75) is 0 Å². The quantitative estimate of drug-likeness (QED) is 0.0650. The van der Waals surface area contributed by atoms with Crippen molar-refractivity contribution in [1.29, 1.82) is 0 Å². The number of fused-ring (bicyclic) bond motifs is 6. The standard InChI is InChI=1S/C108H76N10/c1-8-27-84(28-9-1)113(85-29-10-2-11-30-85)93-54-60-96(61-55-93)116(97-62-56-94(57-63-97)114(86-31-12-3-13-32-86)87-33-14-4-15-34-87)91-50-45-77(46-51-91)103-75-82-73-83(76-111-106(82)108-102(103)42-24-72-110-108)81-25-22-41-101(74-81)118(90-39-20-7-21-40-90)100-68-66-99(67-69-100)117(98-64-58-95(59-65-98)115(88-35-16-5-17-36-88)89-37-18-6-19-38-89)92-52-47-78(48-53-92)104-70-49-80-44-43-79-26-23-71-109-105(79)107(80)112-104/h1-76H. The summed E-state index contributed by atoms with van der Waals surface area (Å²) in [5, 5.41) is 4.13. The fourth-order valence-corrected chi connectivity index (χ4v) is 16.2. The Morgan fingerprint density at radius 1 is 0.161 bits per heavy atom. The van der Waals surface area contributed by atoms with Gasteiger partial charge >= 0.3 is 0 Å². The highest BCUT2D eigenvalue weighted by atomic mass is 15.2. The predicted octanol–water partition coefficient (Wildman–Crippen LogP) is 29.7. The number of anilines is 18. The summed E-state index contributed by atoms with van der Waals surface area (Å²) in [5.74, 6) is 0. The summed E-state index contributed by atoms with van der Waals surface area (Å²) in [4.78, 5) is 34.2. The lowest BCUT2D eigenvalue weighted by Gasteiger charge is -2.29. The van der Waals surface area contributed by atoms with E-state index in [1.54, 1.807) is 0 Å². The second kappa shape index (κ2) is 31.9. The van der Waals surface area contributed by atoms with Gasteiger partial charge in [0.15, 0.2) is 0 Å². The van der Waals surface area contributed by atoms with Crippen LogP contribution in [0.15, 0.2) is 461 Å². The summed E-state index contributed by atoms with van der Waals surface area (Å²) in [7, 11) is 0. The van der Waals surface area contributed by atoms with E-state index in [2.05, 4.69) is 460 Å². The summed E-state index contributed by atoms with van der Waals surface area (Å²) in [6.07, 6.45) is 5.70. The van der Waals surface area contributed by atoms with E-state index in [1.165, 1.54) is 0 Å². The number of aromatic nitrogens is 4. The minimum absolute atomic E-state index is 0.840. The summed E-state index contributed by atoms with van der Waals surface area (Å²) in [6, 6.07) is 157. The van der Waals surface area contributed by atoms with Gasteiger partial charge in [0.25, 0.3) is 0 Å². The second-order valence-electron chi connectivity index (χ2n) is 29.1. The minimum Gasteiger partial charge on any atom is -0.311 e. The van der Waals surface area contributed by atoms with Crippen LogP contribution >= 0.6 is 0 Å². The zero-order valence-electron chi connectivity index (χ0n) is 64.4. The number of hydrogen-bond donors (Lipinski definition) is 0. The molecule has 20 aromatic rings. The zero-order chi connectivity index (χ0) is 78.5. The molecule has 0 N–H and O–H groups in total. The monoisotopic (exact) mass is 1510 g/mol. The maximum absolute atomic E-state index is 5.28. The Bertz CT molecular complexity index is 6630. The van der Waals surface area contributed by atoms with Gasteiger partial charge in [-0.3, -0.25) is 15.0 Å². The van der Waals surface area contributed by atoms with Crippen molar-refractivity contribution in [2.24, 2.45) is 0 Å². The molecule has 4 heterocycles. The molecule has 0 bridgehead atoms. The van der Waals surface area contributed by atoms with Gasteiger partial charge in [-0.25, -0.2) is 4.98 Å². The first-order valence-electron chi connectivity index (χ1n) is 39.7. The third-order valence-corrected chi connectivity index (χ3v) is 21.8. The Morgan fingerprint density at radius 2 is 0.458 bits per heavy atom. The molecule has 118 heavy (non-hydrogen) atoms. The van der Waals surface area contributed by atoms with Crippen molar-refractivity contribution < 1.29 is 0 Å². The molecule has 10 heteroatoms. The number of hydrogen-bond acceptors (Lipinski definition) is 10. The van der Waals surface area contributed by atoms with Gasteiger partial charge in [-0.15, -0.1) is 0 Å². The number of rotatable bonds is 21. The topological polar surface area (TPSA) is 71.0 Å². The molecule has 0 unspecified atom stereocenters. The first kappa shape index (κ1) is 71.0. The van der Waals surface area contributed by atoms with E-state index in [9.17, 15) is 0 Å². The van der Waals surface area contributed by atoms with Crippen LogP contribution in [-0.2, 0) is 0 Å². The van der Waals surface area contributed by atoms with Crippen LogP contribution in [0.1, 0.15) is 0 Å². The lowest BCUT2D eigenvalue weighted by molar-refractivity contribution is 1.24. The van der Waals surface area contributed by atoms with Gasteiger partial charge in [0, 0.05) is 154 Å². The molecule has 20 rings (SSSR count). The van der Waals surface area contributed by atoms with Crippen LogP contribution < -0.4 is 29.4 Å². The van der Waals surface area contributed by atoms with Gasteiger partial charge in [0.2, 0.25) is 0 Å². The van der Waals surface area contributed by atoms with E-state index in [1.807, 2.05) is 30.7 Å². The van der Waals surface area contributed by atoms with Crippen molar-refractivity contribution >= 4 is 146 Å². The number of para-hydroxylation sites is 7. The largest absolute Gasteiger partial charge is 0.311 e. The van der Waals surface area contributed by atoms with Crippen LogP contribution in [0.4, 0.5) is 102 Å². The van der Waals surface area contributed by atoms with Gasteiger partial charge in [-0.2, -0.15) is 0 Å². The lowest BCUT2D eigenvalue weighted by atomic mass is 9.96. The van der Waals surface area contributed by atoms with Crippen molar-refractivity contribution in [2.75, 3.05) is 29.4 Å². The van der Waals surface area contributed by atoms with E-state index in [4.69, 9.17) is 19.9 Å². The van der Waals surface area contributed by atoms with E-state index < -0.39 is 0 Å². The summed E-state index contributed by atoms with van der Waals surface area (Å²) in [5.41, 5.74) is 28.1. The highest BCUT2D eigenvalue weighted by Gasteiger charge is 2.24. The van der Waals surface area contributed by atoms with Crippen LogP contribution in [0.3, 0.4) is 0 Å². The van der Waals surface area contributed by atoms with Crippen molar-refractivity contribution in [3.8, 4) is 33.5 Å². The van der Waals surface area contributed by atoms with Crippen LogP contribution in [0.2, 0.25) is 0 Å². The molecule has 0 atom stereocenters. The summed E-state index contributed by atoms with van der Waals surface area (Å²) < 4.78 is 0. The molecule has 0 amide bonds. The number of nitrogens with zero attached hydrogens (tertiary/aromatic N) is 10. The fraction of sp³-hybridized carbons (Fsp3) is 0. The Labute approximate surface area is 685 Å². The van der Waals surface area contributed by atoms with E-state index in [0.717, 1.165) is 179 Å². The predicted molar refractivity (Wildman–Crippen MR) is 492 cm³/mol. The average molecular weight is 1510 g/mol. The smallest absolute Gasteiger partial charge is 0.0972 e. The van der Waals surface area contributed by atoms with E-state index >= 15 is 0 Å². The SMILES string of the molecule is c1ccc(N(c2ccccc2)c2ccc(N(c3ccc(-c4ccc5ccc6cccnc6c5n4)cc3)c3ccc(N(c4ccccc4)c4cccc(-c5cnc6c(c5)cc(-c5ccc(N(c7ccc(N(c8ccccc8)c8ccccc8)cc7)c7ccc(N(c8ccccc8)c8ccccc8)cc7)cc5)c5cccnc56)c4)cc3)cc2)cc1. The molecule has 10 nitrogen and oxygen atoms in total. The molecule has 0 saturated heterocycles. The third-order valence-electron chi connectivity index (χ3n) is 21.8. The van der Waals surface area contributed by atoms with Crippen LogP contribution in [-0.4, -0.2) is 19.9 Å². The van der Waals surface area contributed by atoms with Crippen molar-refractivity contribution in [3.63, 3.8) is 0 Å².